The van der Waals surface area contributed by atoms with E-state index in [-0.39, 0.29) is 33.5 Å². The molecule has 1 fully saturated rings. The maximum absolute atomic E-state index is 13.5. The fraction of sp³-hybridized carbons (Fsp3) is 0.304. The van der Waals surface area contributed by atoms with E-state index >= 15 is 0 Å². The van der Waals surface area contributed by atoms with Crippen LogP contribution in [0.5, 0.6) is 5.75 Å². The molecule has 1 saturated heterocycles. The number of ether oxygens (including phenoxy) is 1. The predicted molar refractivity (Wildman–Crippen MR) is 127 cm³/mol. The molecule has 4 rings (SSSR count). The second-order valence-corrected chi connectivity index (χ2v) is 10.5. The lowest BCUT2D eigenvalue weighted by Gasteiger charge is -2.30. The van der Waals surface area contributed by atoms with Crippen molar-refractivity contribution in [3.63, 3.8) is 0 Å². The van der Waals surface area contributed by atoms with Gasteiger partial charge in [-0.25, -0.2) is 8.42 Å². The van der Waals surface area contributed by atoms with Crippen LogP contribution in [0.4, 0.5) is 5.88 Å². The zero-order chi connectivity index (χ0) is 23.6. The summed E-state index contributed by atoms with van der Waals surface area (Å²) in [5, 5.41) is -0.147. The number of hydrogen-bond acceptors (Lipinski definition) is 7. The number of carbonyl (C=O) groups excluding carboxylic acids is 1. The number of nitrogens with zero attached hydrogens (tertiary/aromatic N) is 2. The summed E-state index contributed by atoms with van der Waals surface area (Å²) in [6.45, 7) is 3.32. The Balaban J connectivity index is 1.75. The van der Waals surface area contributed by atoms with Crippen molar-refractivity contribution in [2.24, 2.45) is 11.7 Å². The van der Waals surface area contributed by atoms with Crippen molar-refractivity contribution in [2.75, 3.05) is 24.6 Å². The number of amides is 1. The highest BCUT2D eigenvalue weighted by Gasteiger charge is 2.34. The van der Waals surface area contributed by atoms with Gasteiger partial charge in [-0.2, -0.15) is 4.98 Å². The van der Waals surface area contributed by atoms with Gasteiger partial charge in [0.1, 0.15) is 5.75 Å². The molecule has 0 saturated carbocycles. The quantitative estimate of drug-likeness (QED) is 0.487. The Labute approximate surface area is 200 Å². The third-order valence-electron chi connectivity index (χ3n) is 5.55. The van der Waals surface area contributed by atoms with Gasteiger partial charge in [0.15, 0.2) is 0 Å². The molecule has 8 nitrogen and oxygen atoms in total. The van der Waals surface area contributed by atoms with Crippen LogP contribution in [0.1, 0.15) is 19.8 Å². The van der Waals surface area contributed by atoms with Crippen LogP contribution < -0.4 is 15.4 Å². The first kappa shape index (κ1) is 23.3. The summed E-state index contributed by atoms with van der Waals surface area (Å²) in [6, 6.07) is 13.5. The molecule has 2 N–H and O–H groups in total. The van der Waals surface area contributed by atoms with Crippen LogP contribution in [0, 0.1) is 5.92 Å². The highest BCUT2D eigenvalue weighted by Crippen LogP contribution is 2.37. The van der Waals surface area contributed by atoms with E-state index in [4.69, 9.17) is 14.9 Å². The fourth-order valence-electron chi connectivity index (χ4n) is 3.75. The minimum Gasteiger partial charge on any atom is -0.494 e. The molecule has 174 valence electrons. The summed E-state index contributed by atoms with van der Waals surface area (Å²) in [6.07, 6.45) is 1.04. The number of rotatable bonds is 7. The molecule has 0 radical (unpaired) electrons. The highest BCUT2D eigenvalue weighted by molar-refractivity contribution is 9.10. The fourth-order valence-corrected chi connectivity index (χ4v) is 5.34. The van der Waals surface area contributed by atoms with E-state index in [2.05, 4.69) is 20.9 Å². The van der Waals surface area contributed by atoms with Gasteiger partial charge in [-0.15, -0.1) is 0 Å². The Hall–Kier alpha value is -2.85. The molecule has 0 bridgehead atoms. The number of hydrogen-bond donors (Lipinski definition) is 1. The molecule has 1 aliphatic rings. The summed E-state index contributed by atoms with van der Waals surface area (Å²) < 4.78 is 39.3. The topological polar surface area (TPSA) is 116 Å². The average Bonchev–Trinajstić information content (AvgIpc) is 3.27. The van der Waals surface area contributed by atoms with E-state index < -0.39 is 9.84 Å². The van der Waals surface area contributed by atoms with Gasteiger partial charge >= 0.3 is 0 Å². The minimum absolute atomic E-state index is 0.116. The number of benzene rings is 2. The zero-order valence-corrected chi connectivity index (χ0v) is 20.4. The molecule has 0 aliphatic carbocycles. The maximum atomic E-state index is 13.5. The van der Waals surface area contributed by atoms with Crippen molar-refractivity contribution in [1.29, 1.82) is 0 Å². The average molecular weight is 534 g/mol. The molecule has 1 amide bonds. The molecule has 3 aromatic rings. The van der Waals surface area contributed by atoms with E-state index in [9.17, 15) is 13.2 Å². The number of halogens is 1. The van der Waals surface area contributed by atoms with Gasteiger partial charge in [-0.3, -0.25) is 4.79 Å². The number of primary amides is 1. The van der Waals surface area contributed by atoms with E-state index in [0.29, 0.717) is 43.9 Å². The van der Waals surface area contributed by atoms with Crippen LogP contribution in [0.25, 0.3) is 11.5 Å². The highest BCUT2D eigenvalue weighted by atomic mass is 79.9. The van der Waals surface area contributed by atoms with Crippen LogP contribution >= 0.6 is 15.9 Å². The monoisotopic (exact) mass is 533 g/mol. The Morgan fingerprint density at radius 3 is 2.36 bits per heavy atom. The lowest BCUT2D eigenvalue weighted by molar-refractivity contribution is -0.122. The van der Waals surface area contributed by atoms with Crippen molar-refractivity contribution < 1.29 is 22.4 Å². The molecular formula is C23H24BrN3O5S. The smallest absolute Gasteiger partial charge is 0.236 e. The Morgan fingerprint density at radius 2 is 1.79 bits per heavy atom. The van der Waals surface area contributed by atoms with Crippen molar-refractivity contribution >= 4 is 37.6 Å². The van der Waals surface area contributed by atoms with Crippen LogP contribution in [-0.2, 0) is 14.6 Å². The van der Waals surface area contributed by atoms with E-state index in [1.807, 2.05) is 11.8 Å². The number of carbonyl (C=O) groups is 1. The van der Waals surface area contributed by atoms with Gasteiger partial charge < -0.3 is 19.8 Å². The molecule has 1 aliphatic heterocycles. The summed E-state index contributed by atoms with van der Waals surface area (Å²) >= 11 is 3.33. The van der Waals surface area contributed by atoms with Gasteiger partial charge in [-0.1, -0.05) is 15.9 Å². The van der Waals surface area contributed by atoms with Crippen molar-refractivity contribution in [1.82, 2.24) is 4.98 Å². The molecule has 0 spiro atoms. The number of aromatic nitrogens is 1. The van der Waals surface area contributed by atoms with E-state index in [1.165, 1.54) is 12.1 Å². The second-order valence-electron chi connectivity index (χ2n) is 7.71. The lowest BCUT2D eigenvalue weighted by atomic mass is 9.96. The SMILES string of the molecule is CCOc1ccc(-c2nc(S(=O)(=O)c3ccc(Br)cc3)c(N3CCC(C(N)=O)CC3)o2)cc1. The van der Waals surface area contributed by atoms with Gasteiger partial charge in [0.25, 0.3) is 0 Å². The molecule has 2 aromatic carbocycles. The Bertz CT molecular complexity index is 1230. The van der Waals surface area contributed by atoms with E-state index in [1.54, 1.807) is 36.4 Å². The summed E-state index contributed by atoms with van der Waals surface area (Å²) in [5.74, 6) is 0.487. The molecular weight excluding hydrogens is 510 g/mol. The molecule has 0 unspecified atom stereocenters. The van der Waals surface area contributed by atoms with Gasteiger partial charge in [0.05, 0.1) is 11.5 Å². The normalized spacial score (nSPS) is 14.9. The third-order valence-corrected chi connectivity index (χ3v) is 7.75. The van der Waals surface area contributed by atoms with Gasteiger partial charge in [-0.05, 0) is 68.3 Å². The summed E-state index contributed by atoms with van der Waals surface area (Å²) in [4.78, 5) is 17.9. The van der Waals surface area contributed by atoms with Crippen LogP contribution in [0.15, 0.2) is 67.3 Å². The van der Waals surface area contributed by atoms with Crippen molar-refractivity contribution in [2.45, 2.75) is 29.7 Å². The number of nitrogens with two attached hydrogens (primary N) is 1. The van der Waals surface area contributed by atoms with Gasteiger partial charge in [0.2, 0.25) is 32.5 Å². The second kappa shape index (κ2) is 9.56. The van der Waals surface area contributed by atoms with Crippen LogP contribution in [0.3, 0.4) is 0 Å². The molecule has 1 aromatic heterocycles. The van der Waals surface area contributed by atoms with E-state index in [0.717, 1.165) is 4.47 Å². The van der Waals surface area contributed by atoms with Crippen LogP contribution in [0.2, 0.25) is 0 Å². The number of piperidine rings is 1. The van der Waals surface area contributed by atoms with Crippen LogP contribution in [-0.4, -0.2) is 39.0 Å². The Morgan fingerprint density at radius 1 is 1.15 bits per heavy atom. The maximum Gasteiger partial charge on any atom is 0.236 e. The molecule has 10 heteroatoms. The number of sulfone groups is 1. The molecule has 33 heavy (non-hydrogen) atoms. The van der Waals surface area contributed by atoms with Crippen molar-refractivity contribution in [3.8, 4) is 17.2 Å². The Kier molecular flexibility index (Phi) is 6.76. The van der Waals surface area contributed by atoms with Crippen molar-refractivity contribution in [3.05, 3.63) is 53.0 Å². The van der Waals surface area contributed by atoms with Gasteiger partial charge in [0, 0.05) is 29.0 Å². The largest absolute Gasteiger partial charge is 0.494 e. The predicted octanol–water partition coefficient (Wildman–Crippen LogP) is 4.04. The zero-order valence-electron chi connectivity index (χ0n) is 18.0. The molecule has 2 heterocycles. The third kappa shape index (κ3) is 4.91. The standard InChI is InChI=1S/C23H24BrN3O5S/c1-2-31-18-7-3-16(4-8-18)21-26-22(33(29,30)19-9-5-17(24)6-10-19)23(32-21)27-13-11-15(12-14-27)20(25)28/h3-10,15H,2,11-14H2,1H3,(H2,25,28). The first-order valence-electron chi connectivity index (χ1n) is 10.6. The first-order chi connectivity index (χ1) is 15.8. The first-order valence-corrected chi connectivity index (χ1v) is 12.9. The minimum atomic E-state index is -3.95. The number of oxazole rings is 1. The summed E-state index contributed by atoms with van der Waals surface area (Å²) in [7, 11) is -3.95. The number of anilines is 1. The molecule has 0 atom stereocenters. The summed E-state index contributed by atoms with van der Waals surface area (Å²) in [5.41, 5.74) is 6.08. The lowest BCUT2D eigenvalue weighted by Crippen LogP contribution is -2.38.